The Balaban J connectivity index is 1.94. The van der Waals surface area contributed by atoms with Gasteiger partial charge in [-0.15, -0.1) is 0 Å². The third-order valence-electron chi connectivity index (χ3n) is 2.86. The van der Waals surface area contributed by atoms with Gasteiger partial charge in [0.1, 0.15) is 10.7 Å². The summed E-state index contributed by atoms with van der Waals surface area (Å²) in [5.41, 5.74) is 1.12. The zero-order chi connectivity index (χ0) is 12.8. The van der Waals surface area contributed by atoms with Crippen molar-refractivity contribution in [2.45, 2.75) is 0 Å². The maximum absolute atomic E-state index is 5.38. The van der Waals surface area contributed by atoms with Gasteiger partial charge in [0, 0.05) is 13.1 Å². The number of benzene rings is 1. The van der Waals surface area contributed by atoms with Crippen LogP contribution in [0.2, 0.25) is 0 Å². The van der Waals surface area contributed by atoms with Crippen molar-refractivity contribution >= 4 is 23.3 Å². The molecular weight excluding hydrogens is 246 g/mol. The first kappa shape index (κ1) is 13.1. The molecule has 4 heteroatoms. The zero-order valence-electron chi connectivity index (χ0n) is 10.5. The van der Waals surface area contributed by atoms with Crippen LogP contribution in [0.5, 0.6) is 5.75 Å². The normalized spacial score (nSPS) is 15.9. The summed E-state index contributed by atoms with van der Waals surface area (Å²) in [7, 11) is 1.67. The van der Waals surface area contributed by atoms with Gasteiger partial charge in [-0.3, -0.25) is 0 Å². The van der Waals surface area contributed by atoms with Gasteiger partial charge in [0.25, 0.3) is 0 Å². The van der Waals surface area contributed by atoms with Crippen LogP contribution in [0.4, 0.5) is 0 Å². The summed E-state index contributed by atoms with van der Waals surface area (Å²) in [4.78, 5) is 3.04. The molecule has 0 aromatic heterocycles. The topological polar surface area (TPSA) is 21.7 Å². The summed E-state index contributed by atoms with van der Waals surface area (Å²) in [5, 5.41) is 0. The van der Waals surface area contributed by atoms with Gasteiger partial charge in [-0.05, 0) is 23.8 Å². The van der Waals surface area contributed by atoms with Crippen LogP contribution in [0, 0.1) is 0 Å². The van der Waals surface area contributed by atoms with Crippen LogP contribution in [0.25, 0.3) is 6.08 Å². The Bertz CT molecular complexity index is 422. The second-order valence-corrected chi connectivity index (χ2v) is 4.46. The highest BCUT2D eigenvalue weighted by Gasteiger charge is 2.10. The Morgan fingerprint density at radius 3 is 2.56 bits per heavy atom. The van der Waals surface area contributed by atoms with Crippen molar-refractivity contribution in [2.24, 2.45) is 0 Å². The third-order valence-corrected chi connectivity index (χ3v) is 3.25. The Morgan fingerprint density at radius 2 is 1.94 bits per heavy atom. The lowest BCUT2D eigenvalue weighted by Gasteiger charge is -2.27. The Kier molecular flexibility index (Phi) is 4.73. The van der Waals surface area contributed by atoms with Crippen LogP contribution in [0.1, 0.15) is 5.56 Å². The average molecular weight is 263 g/mol. The van der Waals surface area contributed by atoms with Crippen LogP contribution in [0.3, 0.4) is 0 Å². The lowest BCUT2D eigenvalue weighted by molar-refractivity contribution is 0.0694. The van der Waals surface area contributed by atoms with Crippen molar-refractivity contribution in [1.82, 2.24) is 4.90 Å². The predicted molar refractivity (Wildman–Crippen MR) is 77.0 cm³/mol. The van der Waals surface area contributed by atoms with E-state index in [0.717, 1.165) is 42.6 Å². The lowest BCUT2D eigenvalue weighted by atomic mass is 10.2. The maximum atomic E-state index is 5.38. The molecule has 0 radical (unpaired) electrons. The molecule has 96 valence electrons. The number of rotatable bonds is 3. The number of methoxy groups -OCH3 is 1. The second kappa shape index (κ2) is 6.52. The van der Waals surface area contributed by atoms with Crippen LogP contribution >= 0.6 is 12.2 Å². The SMILES string of the molecule is COc1ccc(/C=C\C(=S)N2CCOCC2)cc1. The quantitative estimate of drug-likeness (QED) is 0.616. The van der Waals surface area contributed by atoms with Gasteiger partial charge in [-0.25, -0.2) is 0 Å². The fraction of sp³-hybridized carbons (Fsp3) is 0.357. The molecule has 3 nitrogen and oxygen atoms in total. The maximum Gasteiger partial charge on any atom is 0.118 e. The van der Waals surface area contributed by atoms with Crippen molar-refractivity contribution in [3.05, 3.63) is 35.9 Å². The molecular formula is C14H17NO2S. The van der Waals surface area contributed by atoms with E-state index < -0.39 is 0 Å². The number of ether oxygens (including phenoxy) is 2. The van der Waals surface area contributed by atoms with E-state index in [0.29, 0.717) is 0 Å². The second-order valence-electron chi connectivity index (χ2n) is 4.04. The largest absolute Gasteiger partial charge is 0.497 e. The van der Waals surface area contributed by atoms with Crippen molar-refractivity contribution < 1.29 is 9.47 Å². The molecule has 18 heavy (non-hydrogen) atoms. The van der Waals surface area contributed by atoms with E-state index in [1.165, 1.54) is 0 Å². The van der Waals surface area contributed by atoms with Gasteiger partial charge >= 0.3 is 0 Å². The molecule has 1 aromatic rings. The smallest absolute Gasteiger partial charge is 0.118 e. The minimum atomic E-state index is 0.760. The average Bonchev–Trinajstić information content (AvgIpc) is 2.46. The van der Waals surface area contributed by atoms with E-state index in [2.05, 4.69) is 4.90 Å². The van der Waals surface area contributed by atoms with Crippen molar-refractivity contribution in [3.63, 3.8) is 0 Å². The summed E-state index contributed by atoms with van der Waals surface area (Å²) < 4.78 is 10.4. The van der Waals surface area contributed by atoms with Crippen LogP contribution in [-0.4, -0.2) is 43.3 Å². The minimum Gasteiger partial charge on any atom is -0.497 e. The van der Waals surface area contributed by atoms with E-state index in [-0.39, 0.29) is 0 Å². The molecule has 0 unspecified atom stereocenters. The monoisotopic (exact) mass is 263 g/mol. The van der Waals surface area contributed by atoms with Gasteiger partial charge < -0.3 is 14.4 Å². The first-order chi connectivity index (χ1) is 8.79. The molecule has 1 aliphatic rings. The fourth-order valence-corrected chi connectivity index (χ4v) is 2.02. The van der Waals surface area contributed by atoms with Crippen LogP contribution in [-0.2, 0) is 4.74 Å². The van der Waals surface area contributed by atoms with E-state index >= 15 is 0 Å². The lowest BCUT2D eigenvalue weighted by Crippen LogP contribution is -2.38. The number of hydrogen-bond acceptors (Lipinski definition) is 3. The van der Waals surface area contributed by atoms with Crippen molar-refractivity contribution in [2.75, 3.05) is 33.4 Å². The highest BCUT2D eigenvalue weighted by atomic mass is 32.1. The summed E-state index contributed by atoms with van der Waals surface area (Å²) >= 11 is 5.38. The summed E-state index contributed by atoms with van der Waals surface area (Å²) in [6.07, 6.45) is 4.00. The van der Waals surface area contributed by atoms with Gasteiger partial charge in [0.15, 0.2) is 0 Å². The molecule has 1 heterocycles. The van der Waals surface area contributed by atoms with E-state index in [1.54, 1.807) is 7.11 Å². The first-order valence-corrected chi connectivity index (χ1v) is 6.39. The van der Waals surface area contributed by atoms with E-state index in [1.807, 2.05) is 36.4 Å². The van der Waals surface area contributed by atoms with Crippen LogP contribution in [0.15, 0.2) is 30.3 Å². The molecule has 2 rings (SSSR count). The van der Waals surface area contributed by atoms with Gasteiger partial charge in [0.2, 0.25) is 0 Å². The molecule has 0 amide bonds. The zero-order valence-corrected chi connectivity index (χ0v) is 11.3. The first-order valence-electron chi connectivity index (χ1n) is 5.98. The summed E-state index contributed by atoms with van der Waals surface area (Å²) in [6, 6.07) is 7.91. The van der Waals surface area contributed by atoms with E-state index in [9.17, 15) is 0 Å². The molecule has 0 aliphatic carbocycles. The molecule has 1 fully saturated rings. The molecule has 0 saturated carbocycles. The highest BCUT2D eigenvalue weighted by Crippen LogP contribution is 2.12. The Labute approximate surface area is 113 Å². The highest BCUT2D eigenvalue weighted by molar-refractivity contribution is 7.80. The van der Waals surface area contributed by atoms with Crippen molar-refractivity contribution in [1.29, 1.82) is 0 Å². The molecule has 0 N–H and O–H groups in total. The molecule has 0 atom stereocenters. The molecule has 1 aromatic carbocycles. The van der Waals surface area contributed by atoms with Gasteiger partial charge in [-0.1, -0.05) is 30.4 Å². The summed E-state index contributed by atoms with van der Waals surface area (Å²) in [6.45, 7) is 3.28. The number of thiocarbonyl (C=S) groups is 1. The van der Waals surface area contributed by atoms with Crippen LogP contribution < -0.4 is 4.74 Å². The van der Waals surface area contributed by atoms with Gasteiger partial charge in [0.05, 0.1) is 20.3 Å². The number of morpholine rings is 1. The van der Waals surface area contributed by atoms with Crippen molar-refractivity contribution in [3.8, 4) is 5.75 Å². The molecule has 1 aliphatic heterocycles. The third kappa shape index (κ3) is 3.55. The predicted octanol–water partition coefficient (Wildman–Crippen LogP) is 2.37. The Morgan fingerprint density at radius 1 is 1.28 bits per heavy atom. The standard InChI is InChI=1S/C14H17NO2S/c1-16-13-5-2-12(3-6-13)4-7-14(18)15-8-10-17-11-9-15/h2-7H,8-11H2,1H3/b7-4-. The Hall–Kier alpha value is -1.39. The fourth-order valence-electron chi connectivity index (χ4n) is 1.77. The number of hydrogen-bond donors (Lipinski definition) is 0. The van der Waals surface area contributed by atoms with E-state index in [4.69, 9.17) is 21.7 Å². The molecule has 0 spiro atoms. The summed E-state index contributed by atoms with van der Waals surface area (Å²) in [5.74, 6) is 0.864. The minimum absolute atomic E-state index is 0.760. The molecule has 1 saturated heterocycles. The molecule has 0 bridgehead atoms. The number of nitrogens with zero attached hydrogens (tertiary/aromatic N) is 1. The van der Waals surface area contributed by atoms with Gasteiger partial charge in [-0.2, -0.15) is 0 Å².